The molecule has 1 rings (SSSR count). The Kier molecular flexibility index (Phi) is 2.72. The predicted octanol–water partition coefficient (Wildman–Crippen LogP) is 0.120. The Morgan fingerprint density at radius 3 is 2.62 bits per heavy atom. The molecule has 1 aromatic heterocycles. The molecule has 1 heterocycles. The Balaban J connectivity index is 3.23. The van der Waals surface area contributed by atoms with Crippen LogP contribution in [0.1, 0.15) is 12.6 Å². The quantitative estimate of drug-likeness (QED) is 0.759. The van der Waals surface area contributed by atoms with Crippen LogP contribution in [-0.4, -0.2) is 25.2 Å². The average Bonchev–Trinajstić information content (AvgIpc) is 2.47. The van der Waals surface area contributed by atoms with E-state index in [9.17, 15) is 8.42 Å². The summed E-state index contributed by atoms with van der Waals surface area (Å²) >= 11 is 0. The van der Waals surface area contributed by atoms with Crippen molar-refractivity contribution in [3.8, 4) is 0 Å². The lowest BCUT2D eigenvalue weighted by Crippen LogP contribution is -2.18. The van der Waals surface area contributed by atoms with Crippen molar-refractivity contribution in [3.63, 3.8) is 0 Å². The molecule has 0 spiro atoms. The van der Waals surface area contributed by atoms with Crippen LogP contribution in [0.15, 0.2) is 11.1 Å². The lowest BCUT2D eigenvalue weighted by Gasteiger charge is -1.97. The molecule has 0 saturated carbocycles. The van der Waals surface area contributed by atoms with Crippen molar-refractivity contribution < 1.29 is 8.42 Å². The number of aromatic nitrogens is 2. The molecule has 0 radical (unpaired) electrons. The van der Waals surface area contributed by atoms with Crippen molar-refractivity contribution in [2.75, 3.05) is 7.05 Å². The van der Waals surface area contributed by atoms with Gasteiger partial charge in [0.15, 0.2) is 0 Å². The van der Waals surface area contributed by atoms with Crippen LogP contribution in [0, 0.1) is 6.92 Å². The lowest BCUT2D eigenvalue weighted by atomic mass is 10.5. The fourth-order valence-electron chi connectivity index (χ4n) is 1.04. The molecule has 0 fully saturated rings. The molecule has 0 aliphatic heterocycles. The molecule has 0 aliphatic rings. The number of hydrogen-bond donors (Lipinski definition) is 1. The maximum atomic E-state index is 11.4. The number of hydrogen-bond acceptors (Lipinski definition) is 3. The van der Waals surface area contributed by atoms with Crippen LogP contribution in [0.25, 0.3) is 0 Å². The first-order valence-corrected chi connectivity index (χ1v) is 5.47. The minimum Gasteiger partial charge on any atom is -0.271 e. The normalized spacial score (nSPS) is 11.9. The molecule has 0 aliphatic carbocycles. The molecule has 13 heavy (non-hydrogen) atoms. The molecular formula is C7H13N3O2S. The van der Waals surface area contributed by atoms with Crippen LogP contribution < -0.4 is 4.72 Å². The third-order valence-corrected chi connectivity index (χ3v) is 3.30. The fraction of sp³-hybridized carbons (Fsp3) is 0.571. The predicted molar refractivity (Wildman–Crippen MR) is 48.9 cm³/mol. The van der Waals surface area contributed by atoms with E-state index in [1.165, 1.54) is 13.2 Å². The van der Waals surface area contributed by atoms with E-state index >= 15 is 0 Å². The van der Waals surface area contributed by atoms with Crippen LogP contribution in [0.3, 0.4) is 0 Å². The van der Waals surface area contributed by atoms with E-state index in [4.69, 9.17) is 0 Å². The average molecular weight is 203 g/mol. The van der Waals surface area contributed by atoms with Crippen LogP contribution in [-0.2, 0) is 16.6 Å². The molecule has 0 saturated heterocycles. The van der Waals surface area contributed by atoms with Gasteiger partial charge < -0.3 is 0 Å². The number of rotatable bonds is 3. The highest BCUT2D eigenvalue weighted by Crippen LogP contribution is 2.11. The topological polar surface area (TPSA) is 64.0 Å². The Bertz CT molecular complexity index is 394. The Hall–Kier alpha value is -0.880. The van der Waals surface area contributed by atoms with Crippen LogP contribution >= 0.6 is 0 Å². The van der Waals surface area contributed by atoms with Gasteiger partial charge in [-0.05, 0) is 20.9 Å². The molecule has 1 aromatic rings. The van der Waals surface area contributed by atoms with Gasteiger partial charge in [-0.25, -0.2) is 13.1 Å². The molecule has 0 bridgehead atoms. The van der Waals surface area contributed by atoms with E-state index in [1.54, 1.807) is 11.6 Å². The fourth-order valence-corrected chi connectivity index (χ4v) is 1.95. The zero-order valence-corrected chi connectivity index (χ0v) is 8.72. The highest BCUT2D eigenvalue weighted by Gasteiger charge is 2.17. The first-order valence-electron chi connectivity index (χ1n) is 3.99. The van der Waals surface area contributed by atoms with E-state index in [1.807, 2.05) is 6.92 Å². The second-order valence-corrected chi connectivity index (χ2v) is 4.50. The van der Waals surface area contributed by atoms with E-state index in [0.717, 1.165) is 0 Å². The second kappa shape index (κ2) is 3.47. The SMILES string of the molecule is CCn1cc(S(=O)(=O)NC)c(C)n1. The van der Waals surface area contributed by atoms with Crippen molar-refractivity contribution >= 4 is 10.0 Å². The van der Waals surface area contributed by atoms with E-state index < -0.39 is 10.0 Å². The van der Waals surface area contributed by atoms with Crippen molar-refractivity contribution in [2.24, 2.45) is 0 Å². The number of nitrogens with one attached hydrogen (secondary N) is 1. The molecule has 6 heteroatoms. The molecule has 74 valence electrons. The molecule has 0 aromatic carbocycles. The van der Waals surface area contributed by atoms with Gasteiger partial charge in [0.25, 0.3) is 0 Å². The van der Waals surface area contributed by atoms with Crippen molar-refractivity contribution in [1.82, 2.24) is 14.5 Å². The first kappa shape index (κ1) is 10.2. The summed E-state index contributed by atoms with van der Waals surface area (Å²) in [5, 5.41) is 4.04. The third kappa shape index (κ3) is 1.89. The zero-order valence-electron chi connectivity index (χ0n) is 7.90. The van der Waals surface area contributed by atoms with E-state index in [0.29, 0.717) is 12.2 Å². The smallest absolute Gasteiger partial charge is 0.243 e. The number of aryl methyl sites for hydroxylation is 2. The summed E-state index contributed by atoms with van der Waals surface area (Å²) in [7, 11) is -1.96. The van der Waals surface area contributed by atoms with Gasteiger partial charge in [0, 0.05) is 12.7 Å². The summed E-state index contributed by atoms with van der Waals surface area (Å²) in [5.74, 6) is 0. The van der Waals surface area contributed by atoms with Gasteiger partial charge in [-0.2, -0.15) is 5.10 Å². The van der Waals surface area contributed by atoms with Crippen LogP contribution in [0.5, 0.6) is 0 Å². The molecule has 1 N–H and O–H groups in total. The van der Waals surface area contributed by atoms with Gasteiger partial charge in [0.1, 0.15) is 4.90 Å². The van der Waals surface area contributed by atoms with Gasteiger partial charge in [-0.15, -0.1) is 0 Å². The summed E-state index contributed by atoms with van der Waals surface area (Å²) in [6.45, 7) is 4.25. The maximum Gasteiger partial charge on any atom is 0.243 e. The zero-order chi connectivity index (χ0) is 10.1. The summed E-state index contributed by atoms with van der Waals surface area (Å²) in [5.41, 5.74) is 0.524. The molecular weight excluding hydrogens is 190 g/mol. The van der Waals surface area contributed by atoms with Gasteiger partial charge in [-0.3, -0.25) is 4.68 Å². The summed E-state index contributed by atoms with van der Waals surface area (Å²) in [6, 6.07) is 0. The number of nitrogens with zero attached hydrogens (tertiary/aromatic N) is 2. The molecule has 0 atom stereocenters. The van der Waals surface area contributed by atoms with E-state index in [2.05, 4.69) is 9.82 Å². The van der Waals surface area contributed by atoms with Crippen LogP contribution in [0.4, 0.5) is 0 Å². The summed E-state index contributed by atoms with van der Waals surface area (Å²) < 4.78 is 26.6. The largest absolute Gasteiger partial charge is 0.271 e. The Morgan fingerprint density at radius 2 is 2.23 bits per heavy atom. The second-order valence-electron chi connectivity index (χ2n) is 2.64. The van der Waals surface area contributed by atoms with Gasteiger partial charge in [0.2, 0.25) is 10.0 Å². The minimum atomic E-state index is -3.35. The summed E-state index contributed by atoms with van der Waals surface area (Å²) in [6.07, 6.45) is 1.53. The highest BCUT2D eigenvalue weighted by molar-refractivity contribution is 7.89. The molecule has 0 unspecified atom stereocenters. The Morgan fingerprint density at radius 1 is 1.62 bits per heavy atom. The highest BCUT2D eigenvalue weighted by atomic mass is 32.2. The van der Waals surface area contributed by atoms with Gasteiger partial charge >= 0.3 is 0 Å². The van der Waals surface area contributed by atoms with Crippen molar-refractivity contribution in [3.05, 3.63) is 11.9 Å². The Labute approximate surface area is 77.8 Å². The standard InChI is InChI=1S/C7H13N3O2S/c1-4-10-5-7(6(2)9-10)13(11,12)8-3/h5,8H,4H2,1-3H3. The monoisotopic (exact) mass is 203 g/mol. The molecule has 5 nitrogen and oxygen atoms in total. The van der Waals surface area contributed by atoms with Crippen LogP contribution in [0.2, 0.25) is 0 Å². The first-order chi connectivity index (χ1) is 6.01. The summed E-state index contributed by atoms with van der Waals surface area (Å²) in [4.78, 5) is 0.247. The molecule has 0 amide bonds. The minimum absolute atomic E-state index is 0.247. The van der Waals surface area contributed by atoms with Gasteiger partial charge in [-0.1, -0.05) is 0 Å². The van der Waals surface area contributed by atoms with E-state index in [-0.39, 0.29) is 4.90 Å². The van der Waals surface area contributed by atoms with Gasteiger partial charge in [0.05, 0.1) is 5.69 Å². The lowest BCUT2D eigenvalue weighted by molar-refractivity contribution is 0.587. The number of sulfonamides is 1. The third-order valence-electron chi connectivity index (χ3n) is 1.78. The maximum absolute atomic E-state index is 11.4. The van der Waals surface area contributed by atoms with Crippen molar-refractivity contribution in [2.45, 2.75) is 25.3 Å². The van der Waals surface area contributed by atoms with Crippen molar-refractivity contribution in [1.29, 1.82) is 0 Å².